The van der Waals surface area contributed by atoms with Gasteiger partial charge in [0, 0.05) is 17.8 Å². The molecule has 1 aliphatic carbocycles. The van der Waals surface area contributed by atoms with Gasteiger partial charge in [0.25, 0.3) is 0 Å². The van der Waals surface area contributed by atoms with Crippen LogP contribution in [0.3, 0.4) is 0 Å². The van der Waals surface area contributed by atoms with Crippen molar-refractivity contribution in [3.05, 3.63) is 24.3 Å². The standard InChI is InChI=1S/C17H27N3O4S/c1-12(2)24-16-9-7-15(8-10-16)20-25(22,23)11-17(21)19-14-5-3-13(18)4-6-14/h7-10,12-14,20H,3-6,11,18H2,1-2H3,(H,19,21). The summed E-state index contributed by atoms with van der Waals surface area (Å²) < 4.78 is 32.2. The van der Waals surface area contributed by atoms with Crippen molar-refractivity contribution in [2.24, 2.45) is 5.73 Å². The third-order valence-electron chi connectivity index (χ3n) is 3.96. The summed E-state index contributed by atoms with van der Waals surface area (Å²) >= 11 is 0. The minimum Gasteiger partial charge on any atom is -0.491 e. The molecule has 0 aliphatic heterocycles. The number of ether oxygens (including phenoxy) is 1. The number of nitrogens with one attached hydrogen (secondary N) is 2. The molecule has 1 aromatic rings. The third kappa shape index (κ3) is 6.91. The molecule has 0 saturated heterocycles. The first-order valence-corrected chi connectivity index (χ1v) is 10.2. The number of carbonyl (C=O) groups excluding carboxylic acids is 1. The van der Waals surface area contributed by atoms with Crippen molar-refractivity contribution in [1.29, 1.82) is 0 Å². The first-order chi connectivity index (χ1) is 11.7. The van der Waals surface area contributed by atoms with E-state index < -0.39 is 21.7 Å². The molecule has 0 aromatic heterocycles. The quantitative estimate of drug-likeness (QED) is 0.676. The van der Waals surface area contributed by atoms with Crippen molar-refractivity contribution in [3.8, 4) is 5.75 Å². The van der Waals surface area contributed by atoms with Gasteiger partial charge in [0.1, 0.15) is 11.5 Å². The highest BCUT2D eigenvalue weighted by Gasteiger charge is 2.23. The lowest BCUT2D eigenvalue weighted by Crippen LogP contribution is -2.43. The van der Waals surface area contributed by atoms with Crippen LogP contribution < -0.4 is 20.5 Å². The Bertz CT molecular complexity index is 666. The third-order valence-corrected chi connectivity index (χ3v) is 5.15. The van der Waals surface area contributed by atoms with E-state index in [4.69, 9.17) is 10.5 Å². The van der Waals surface area contributed by atoms with E-state index in [2.05, 4.69) is 10.0 Å². The largest absolute Gasteiger partial charge is 0.491 e. The van der Waals surface area contributed by atoms with E-state index in [9.17, 15) is 13.2 Å². The number of nitrogens with two attached hydrogens (primary N) is 1. The number of rotatable bonds is 7. The second kappa shape index (κ2) is 8.53. The molecule has 0 spiro atoms. The van der Waals surface area contributed by atoms with Crippen LogP contribution in [-0.2, 0) is 14.8 Å². The second-order valence-corrected chi connectivity index (χ2v) is 8.45. The van der Waals surface area contributed by atoms with E-state index in [1.54, 1.807) is 24.3 Å². The van der Waals surface area contributed by atoms with Crippen LogP contribution >= 0.6 is 0 Å². The van der Waals surface area contributed by atoms with Crippen LogP contribution in [0.5, 0.6) is 5.75 Å². The molecule has 0 bridgehead atoms. The van der Waals surface area contributed by atoms with E-state index in [0.29, 0.717) is 11.4 Å². The summed E-state index contributed by atoms with van der Waals surface area (Å²) in [7, 11) is -3.76. The molecule has 0 unspecified atom stereocenters. The fraction of sp³-hybridized carbons (Fsp3) is 0.588. The zero-order valence-electron chi connectivity index (χ0n) is 14.7. The fourth-order valence-corrected chi connectivity index (χ4v) is 3.79. The zero-order valence-corrected chi connectivity index (χ0v) is 15.5. The van der Waals surface area contributed by atoms with E-state index in [-0.39, 0.29) is 18.2 Å². The van der Waals surface area contributed by atoms with Crippen molar-refractivity contribution in [2.45, 2.75) is 57.7 Å². The van der Waals surface area contributed by atoms with Crippen LogP contribution in [0.2, 0.25) is 0 Å². The average Bonchev–Trinajstić information content (AvgIpc) is 2.50. The molecule has 140 valence electrons. The maximum Gasteiger partial charge on any atom is 0.241 e. The van der Waals surface area contributed by atoms with Crippen molar-refractivity contribution >= 4 is 21.6 Å². The monoisotopic (exact) mass is 369 g/mol. The summed E-state index contributed by atoms with van der Waals surface area (Å²) in [5.41, 5.74) is 6.22. The van der Waals surface area contributed by atoms with E-state index in [0.717, 1.165) is 25.7 Å². The maximum atomic E-state index is 12.1. The van der Waals surface area contributed by atoms with E-state index >= 15 is 0 Å². The first kappa shape index (κ1) is 19.5. The van der Waals surface area contributed by atoms with Crippen molar-refractivity contribution in [1.82, 2.24) is 5.32 Å². The highest BCUT2D eigenvalue weighted by atomic mass is 32.2. The van der Waals surface area contributed by atoms with Gasteiger partial charge in [-0.15, -0.1) is 0 Å². The predicted molar refractivity (Wildman–Crippen MR) is 98.0 cm³/mol. The summed E-state index contributed by atoms with van der Waals surface area (Å²) in [6.07, 6.45) is 3.32. The van der Waals surface area contributed by atoms with Gasteiger partial charge in [-0.25, -0.2) is 8.42 Å². The molecule has 4 N–H and O–H groups in total. The number of amides is 1. The average molecular weight is 369 g/mol. The smallest absolute Gasteiger partial charge is 0.241 e. The van der Waals surface area contributed by atoms with Crippen LogP contribution in [0.25, 0.3) is 0 Å². The molecule has 1 aromatic carbocycles. The minimum atomic E-state index is -3.76. The van der Waals surface area contributed by atoms with Gasteiger partial charge < -0.3 is 15.8 Å². The summed E-state index contributed by atoms with van der Waals surface area (Å²) in [6, 6.07) is 6.77. The van der Waals surface area contributed by atoms with E-state index in [1.165, 1.54) is 0 Å². The summed E-state index contributed by atoms with van der Waals surface area (Å²) in [6.45, 7) is 3.82. The molecule has 25 heavy (non-hydrogen) atoms. The SMILES string of the molecule is CC(C)Oc1ccc(NS(=O)(=O)CC(=O)NC2CCC(N)CC2)cc1. The molecule has 7 nitrogen and oxygen atoms in total. The highest BCUT2D eigenvalue weighted by molar-refractivity contribution is 7.93. The Morgan fingerprint density at radius 2 is 1.80 bits per heavy atom. The Kier molecular flexibility index (Phi) is 6.66. The molecule has 0 atom stereocenters. The van der Waals surface area contributed by atoms with Gasteiger partial charge in [0.2, 0.25) is 15.9 Å². The van der Waals surface area contributed by atoms with Crippen molar-refractivity contribution in [3.63, 3.8) is 0 Å². The molecule has 1 saturated carbocycles. The van der Waals surface area contributed by atoms with Gasteiger partial charge in [-0.1, -0.05) is 0 Å². The molecule has 8 heteroatoms. The molecule has 1 aliphatic rings. The molecular formula is C17H27N3O4S. The Morgan fingerprint density at radius 1 is 1.20 bits per heavy atom. The minimum absolute atomic E-state index is 0.00923. The lowest BCUT2D eigenvalue weighted by Gasteiger charge is -2.26. The maximum absolute atomic E-state index is 12.1. The molecular weight excluding hydrogens is 342 g/mol. The van der Waals surface area contributed by atoms with Crippen LogP contribution in [0.15, 0.2) is 24.3 Å². The summed E-state index contributed by atoms with van der Waals surface area (Å²) in [5.74, 6) is -0.432. The van der Waals surface area contributed by atoms with Crippen molar-refractivity contribution in [2.75, 3.05) is 10.5 Å². The Hall–Kier alpha value is -1.80. The topological polar surface area (TPSA) is 111 Å². The lowest BCUT2D eigenvalue weighted by atomic mass is 9.92. The molecule has 1 fully saturated rings. The van der Waals surface area contributed by atoms with Crippen LogP contribution in [0.4, 0.5) is 5.69 Å². The first-order valence-electron chi connectivity index (χ1n) is 8.55. The summed E-state index contributed by atoms with van der Waals surface area (Å²) in [5, 5.41) is 2.78. The van der Waals surface area contributed by atoms with Crippen LogP contribution in [0.1, 0.15) is 39.5 Å². The second-order valence-electron chi connectivity index (χ2n) is 6.73. The Morgan fingerprint density at radius 3 is 2.36 bits per heavy atom. The zero-order chi connectivity index (χ0) is 18.4. The molecule has 2 rings (SSSR count). The van der Waals surface area contributed by atoms with Gasteiger partial charge in [-0.2, -0.15) is 0 Å². The Balaban J connectivity index is 1.85. The molecule has 0 radical (unpaired) electrons. The fourth-order valence-electron chi connectivity index (χ4n) is 2.79. The van der Waals surface area contributed by atoms with Crippen LogP contribution in [-0.4, -0.2) is 38.3 Å². The van der Waals surface area contributed by atoms with E-state index in [1.807, 2.05) is 13.8 Å². The van der Waals surface area contributed by atoms with Gasteiger partial charge >= 0.3 is 0 Å². The van der Waals surface area contributed by atoms with Gasteiger partial charge in [0.05, 0.1) is 6.10 Å². The predicted octanol–water partition coefficient (Wildman–Crippen LogP) is 1.60. The van der Waals surface area contributed by atoms with Crippen molar-refractivity contribution < 1.29 is 17.9 Å². The van der Waals surface area contributed by atoms with Gasteiger partial charge in [-0.05, 0) is 63.8 Å². The molecule has 0 heterocycles. The number of hydrogen-bond acceptors (Lipinski definition) is 5. The van der Waals surface area contributed by atoms with Gasteiger partial charge in [0.15, 0.2) is 0 Å². The Labute approximate surface area is 149 Å². The lowest BCUT2D eigenvalue weighted by molar-refractivity contribution is -0.119. The van der Waals surface area contributed by atoms with Crippen LogP contribution in [0, 0.1) is 0 Å². The van der Waals surface area contributed by atoms with Gasteiger partial charge in [-0.3, -0.25) is 9.52 Å². The number of benzene rings is 1. The number of sulfonamides is 1. The number of carbonyl (C=O) groups is 1. The number of hydrogen-bond donors (Lipinski definition) is 3. The highest BCUT2D eigenvalue weighted by Crippen LogP contribution is 2.19. The normalized spacial score (nSPS) is 21.0. The summed E-state index contributed by atoms with van der Waals surface area (Å²) in [4.78, 5) is 12.0. The molecule has 1 amide bonds. The number of anilines is 1.